The normalized spacial score (nSPS) is 16.3. The summed E-state index contributed by atoms with van der Waals surface area (Å²) in [6.07, 6.45) is 1.04. The van der Waals surface area contributed by atoms with Gasteiger partial charge in [0.1, 0.15) is 5.82 Å². The Labute approximate surface area is 164 Å². The highest BCUT2D eigenvalue weighted by Gasteiger charge is 2.45. The van der Waals surface area contributed by atoms with E-state index in [4.69, 9.17) is 4.74 Å². The highest BCUT2D eigenvalue weighted by molar-refractivity contribution is 5.96. The van der Waals surface area contributed by atoms with E-state index in [1.165, 1.54) is 25.1 Å². The van der Waals surface area contributed by atoms with E-state index in [2.05, 4.69) is 5.32 Å². The minimum Gasteiger partial charge on any atom is -0.452 e. The molecule has 0 saturated heterocycles. The van der Waals surface area contributed by atoms with Crippen molar-refractivity contribution in [3.05, 3.63) is 65.2 Å². The fourth-order valence-corrected chi connectivity index (χ4v) is 3.56. The average Bonchev–Trinajstić information content (AvgIpc) is 3.19. The number of nitrogens with one attached hydrogen (secondary N) is 1. The predicted octanol–water partition coefficient (Wildman–Crippen LogP) is 4.63. The van der Waals surface area contributed by atoms with E-state index in [9.17, 15) is 27.2 Å². The van der Waals surface area contributed by atoms with Crippen LogP contribution in [-0.2, 0) is 19.7 Å². The Balaban J connectivity index is 1.75. The van der Waals surface area contributed by atoms with Crippen molar-refractivity contribution >= 4 is 17.6 Å². The van der Waals surface area contributed by atoms with Crippen molar-refractivity contribution in [1.82, 2.24) is 0 Å². The summed E-state index contributed by atoms with van der Waals surface area (Å²) in [6.45, 7) is 1.28. The smallest absolute Gasteiger partial charge is 0.317 e. The van der Waals surface area contributed by atoms with Gasteiger partial charge in [0.2, 0.25) is 0 Å². The molecule has 4 nitrogen and oxygen atoms in total. The molecule has 3 rings (SSSR count). The van der Waals surface area contributed by atoms with Gasteiger partial charge >= 0.3 is 5.97 Å². The monoisotopic (exact) mass is 409 g/mol. The van der Waals surface area contributed by atoms with Gasteiger partial charge in [-0.1, -0.05) is 25.0 Å². The minimum atomic E-state index is -1.72. The first-order valence-corrected chi connectivity index (χ1v) is 9.16. The van der Waals surface area contributed by atoms with Crippen LogP contribution in [0, 0.1) is 23.3 Å². The second-order valence-electron chi connectivity index (χ2n) is 7.06. The van der Waals surface area contributed by atoms with Gasteiger partial charge in [0.15, 0.2) is 23.6 Å². The van der Waals surface area contributed by atoms with Gasteiger partial charge in [-0.05, 0) is 49.6 Å². The van der Waals surface area contributed by atoms with E-state index in [0.717, 1.165) is 18.9 Å². The molecule has 1 atom stereocenters. The third-order valence-corrected chi connectivity index (χ3v) is 5.17. The number of benzene rings is 2. The van der Waals surface area contributed by atoms with Gasteiger partial charge in [0.05, 0.1) is 11.1 Å². The van der Waals surface area contributed by atoms with Crippen LogP contribution in [0.3, 0.4) is 0 Å². The Kier molecular flexibility index (Phi) is 5.91. The lowest BCUT2D eigenvalue weighted by Crippen LogP contribution is -2.40. The quantitative estimate of drug-likeness (QED) is 0.445. The number of hydrogen-bond donors (Lipinski definition) is 1. The van der Waals surface area contributed by atoms with Crippen LogP contribution in [0.15, 0.2) is 36.4 Å². The van der Waals surface area contributed by atoms with Crippen molar-refractivity contribution in [2.24, 2.45) is 0 Å². The number of carbonyl (C=O) groups is 2. The van der Waals surface area contributed by atoms with Crippen LogP contribution < -0.4 is 5.32 Å². The number of halogens is 4. The van der Waals surface area contributed by atoms with Gasteiger partial charge in [0.25, 0.3) is 5.91 Å². The summed E-state index contributed by atoms with van der Waals surface area (Å²) < 4.78 is 59.0. The number of rotatable bonds is 5. The van der Waals surface area contributed by atoms with Crippen LogP contribution >= 0.6 is 0 Å². The molecule has 2 aromatic rings. The van der Waals surface area contributed by atoms with Gasteiger partial charge in [-0.15, -0.1) is 0 Å². The molecule has 1 aliphatic rings. The maximum atomic E-state index is 13.7. The van der Waals surface area contributed by atoms with Gasteiger partial charge in [0, 0.05) is 0 Å². The van der Waals surface area contributed by atoms with Gasteiger partial charge in [-0.2, -0.15) is 0 Å². The molecule has 1 aliphatic carbocycles. The maximum absolute atomic E-state index is 13.7. The van der Waals surface area contributed by atoms with Gasteiger partial charge in [-0.3, -0.25) is 9.59 Å². The number of amides is 1. The topological polar surface area (TPSA) is 55.4 Å². The first kappa shape index (κ1) is 20.8. The molecule has 2 aromatic carbocycles. The molecule has 8 heteroatoms. The zero-order chi connectivity index (χ0) is 21.2. The summed E-state index contributed by atoms with van der Waals surface area (Å²) in [5.74, 6) is -6.74. The Morgan fingerprint density at radius 2 is 1.72 bits per heavy atom. The molecule has 0 spiro atoms. The Bertz CT molecular complexity index is 942. The van der Waals surface area contributed by atoms with Crippen LogP contribution in [0.5, 0.6) is 0 Å². The van der Waals surface area contributed by atoms with Crippen molar-refractivity contribution in [3.8, 4) is 0 Å². The molecule has 0 aliphatic heterocycles. The Hall–Kier alpha value is -2.90. The summed E-state index contributed by atoms with van der Waals surface area (Å²) in [4.78, 5) is 25.2. The molecule has 0 aromatic heterocycles. The van der Waals surface area contributed by atoms with Crippen molar-refractivity contribution in [1.29, 1.82) is 0 Å². The summed E-state index contributed by atoms with van der Waals surface area (Å²) >= 11 is 0. The lowest BCUT2D eigenvalue weighted by molar-refractivity contribution is -0.159. The minimum absolute atomic E-state index is 0.446. The molecular formula is C21H19F4NO3. The third-order valence-electron chi connectivity index (χ3n) is 5.17. The standard InChI is InChI=1S/C21H19F4NO3/c1-12(19(27)26-16-8-7-15(23)17(24)18(16)25)29-20(28)21(9-2-3-10-21)13-5-4-6-14(22)11-13/h4-8,11-12H,2-3,9-10H2,1H3,(H,26,27)/t12-/m0/s1. The number of esters is 1. The van der Waals surface area contributed by atoms with Gasteiger partial charge in [-0.25, -0.2) is 17.6 Å². The third kappa shape index (κ3) is 4.11. The molecular weight excluding hydrogens is 390 g/mol. The number of hydrogen-bond acceptors (Lipinski definition) is 3. The van der Waals surface area contributed by atoms with E-state index in [0.29, 0.717) is 24.5 Å². The number of ether oxygens (including phenoxy) is 1. The number of anilines is 1. The van der Waals surface area contributed by atoms with E-state index < -0.39 is 52.4 Å². The van der Waals surface area contributed by atoms with E-state index in [-0.39, 0.29) is 0 Å². The highest BCUT2D eigenvalue weighted by Crippen LogP contribution is 2.42. The Morgan fingerprint density at radius 1 is 1.03 bits per heavy atom. The lowest BCUT2D eigenvalue weighted by atomic mass is 9.79. The zero-order valence-electron chi connectivity index (χ0n) is 15.6. The molecule has 0 heterocycles. The fraction of sp³-hybridized carbons (Fsp3) is 0.333. The predicted molar refractivity (Wildman–Crippen MR) is 97.0 cm³/mol. The zero-order valence-corrected chi connectivity index (χ0v) is 15.6. The molecule has 0 bridgehead atoms. The van der Waals surface area contributed by atoms with Crippen LogP contribution in [-0.4, -0.2) is 18.0 Å². The summed E-state index contributed by atoms with van der Waals surface area (Å²) in [6, 6.07) is 7.21. The number of carbonyl (C=O) groups excluding carboxylic acids is 2. The van der Waals surface area contributed by atoms with Crippen molar-refractivity contribution in [3.63, 3.8) is 0 Å². The van der Waals surface area contributed by atoms with Crippen LogP contribution in [0.4, 0.5) is 23.2 Å². The van der Waals surface area contributed by atoms with E-state index in [1.54, 1.807) is 6.07 Å². The summed E-state index contributed by atoms with van der Waals surface area (Å²) in [7, 11) is 0. The van der Waals surface area contributed by atoms with Crippen molar-refractivity contribution in [2.45, 2.75) is 44.1 Å². The van der Waals surface area contributed by atoms with E-state index in [1.807, 2.05) is 0 Å². The summed E-state index contributed by atoms with van der Waals surface area (Å²) in [5, 5.41) is 2.08. The van der Waals surface area contributed by atoms with Crippen LogP contribution in [0.25, 0.3) is 0 Å². The lowest BCUT2D eigenvalue weighted by Gasteiger charge is -2.28. The van der Waals surface area contributed by atoms with Crippen molar-refractivity contribution < 1.29 is 31.9 Å². The highest BCUT2D eigenvalue weighted by atomic mass is 19.2. The molecule has 1 fully saturated rings. The van der Waals surface area contributed by atoms with Crippen LogP contribution in [0.2, 0.25) is 0 Å². The molecule has 1 N–H and O–H groups in total. The maximum Gasteiger partial charge on any atom is 0.317 e. The van der Waals surface area contributed by atoms with Crippen molar-refractivity contribution in [2.75, 3.05) is 5.32 Å². The summed E-state index contributed by atoms with van der Waals surface area (Å²) in [5.41, 5.74) is -1.17. The second-order valence-corrected chi connectivity index (χ2v) is 7.06. The SMILES string of the molecule is C[C@H](OC(=O)C1(c2cccc(F)c2)CCCC1)C(=O)Nc1ccc(F)c(F)c1F. The fourth-order valence-electron chi connectivity index (χ4n) is 3.56. The van der Waals surface area contributed by atoms with E-state index >= 15 is 0 Å². The molecule has 1 amide bonds. The average molecular weight is 409 g/mol. The first-order valence-electron chi connectivity index (χ1n) is 9.16. The second kappa shape index (κ2) is 8.23. The largest absolute Gasteiger partial charge is 0.452 e. The first-order chi connectivity index (χ1) is 13.7. The molecule has 0 radical (unpaired) electrons. The molecule has 29 heavy (non-hydrogen) atoms. The van der Waals surface area contributed by atoms with Gasteiger partial charge < -0.3 is 10.1 Å². The Morgan fingerprint density at radius 3 is 2.38 bits per heavy atom. The molecule has 1 saturated carbocycles. The molecule has 154 valence electrons. The van der Waals surface area contributed by atoms with Crippen LogP contribution in [0.1, 0.15) is 38.2 Å². The molecule has 0 unspecified atom stereocenters.